The van der Waals surface area contributed by atoms with Gasteiger partial charge in [-0.3, -0.25) is 4.79 Å². The van der Waals surface area contributed by atoms with Gasteiger partial charge in [0, 0.05) is 6.42 Å². The highest BCUT2D eigenvalue weighted by Gasteiger charge is 1.96. The van der Waals surface area contributed by atoms with E-state index in [4.69, 9.17) is 11.6 Å². The minimum Gasteiger partial charge on any atom is -0.281 e. The highest BCUT2D eigenvalue weighted by molar-refractivity contribution is 6.63. The zero-order valence-corrected chi connectivity index (χ0v) is 18.0. The van der Waals surface area contributed by atoms with Gasteiger partial charge in [0.2, 0.25) is 5.24 Å². The minimum absolute atomic E-state index is 0. The molecule has 0 spiro atoms. The lowest BCUT2D eigenvalue weighted by atomic mass is 10.0. The highest BCUT2D eigenvalue weighted by atomic mass is 35.5. The average molecular weight is 412 g/mol. The van der Waals surface area contributed by atoms with E-state index in [1.165, 1.54) is 83.5 Å². The molecule has 0 unspecified atom stereocenters. The topological polar surface area (TPSA) is 17.1 Å². The molecular weight excluding hydrogens is 374 g/mol. The van der Waals surface area contributed by atoms with Crippen LogP contribution in [0.4, 0.5) is 0 Å². The number of halogens is 4. The predicted octanol–water partition coefficient (Wildman–Crippen LogP) is 8.28. The van der Waals surface area contributed by atoms with Gasteiger partial charge in [0.1, 0.15) is 0 Å². The molecule has 0 rings (SSSR count). The molecule has 0 N–H and O–H groups in total. The lowest BCUT2D eigenvalue weighted by molar-refractivity contribution is -0.111. The van der Waals surface area contributed by atoms with E-state index >= 15 is 0 Å². The minimum atomic E-state index is -0.181. The molecule has 0 saturated heterocycles. The first-order valence-electron chi connectivity index (χ1n) is 8.95. The quantitative estimate of drug-likeness (QED) is 0.184. The number of hydrogen-bond donors (Lipinski definition) is 0. The second-order valence-corrected chi connectivity index (χ2v) is 6.48. The van der Waals surface area contributed by atoms with Gasteiger partial charge in [-0.1, -0.05) is 96.8 Å². The number of rotatable bonds is 16. The molecule has 0 fully saturated rings. The number of hydrogen-bond acceptors (Lipinski definition) is 1. The van der Waals surface area contributed by atoms with Crippen LogP contribution < -0.4 is 0 Å². The molecule has 0 aliphatic carbocycles. The lowest BCUT2D eigenvalue weighted by Gasteiger charge is -2.03. The second-order valence-electron chi connectivity index (χ2n) is 6.05. The standard InChI is InChI=1S/C18H35ClO.3ClH/c1-2-3-4-5-6-7-8-9-10-11-12-13-14-15-16-17-18(19)20;;;/h2-17H2,1H3;3*1H. The van der Waals surface area contributed by atoms with Crippen LogP contribution in [0.25, 0.3) is 0 Å². The van der Waals surface area contributed by atoms with Gasteiger partial charge in [0.25, 0.3) is 0 Å². The summed E-state index contributed by atoms with van der Waals surface area (Å²) in [6, 6.07) is 0. The summed E-state index contributed by atoms with van der Waals surface area (Å²) < 4.78 is 0. The molecule has 0 aromatic heterocycles. The molecule has 0 amide bonds. The Kier molecular flexibility index (Phi) is 38.0. The van der Waals surface area contributed by atoms with Gasteiger partial charge in [-0.05, 0) is 18.0 Å². The maximum atomic E-state index is 10.5. The fraction of sp³-hybridized carbons (Fsp3) is 0.944. The third-order valence-electron chi connectivity index (χ3n) is 3.98. The van der Waals surface area contributed by atoms with E-state index in [0.717, 1.165) is 12.8 Å². The summed E-state index contributed by atoms with van der Waals surface area (Å²) in [7, 11) is 0. The first-order chi connectivity index (χ1) is 9.77. The molecule has 0 heterocycles. The van der Waals surface area contributed by atoms with Gasteiger partial charge < -0.3 is 0 Å². The molecule has 0 aromatic carbocycles. The van der Waals surface area contributed by atoms with Crippen LogP contribution in [0.3, 0.4) is 0 Å². The third-order valence-corrected chi connectivity index (χ3v) is 4.17. The van der Waals surface area contributed by atoms with Crippen molar-refractivity contribution in [2.45, 2.75) is 110 Å². The van der Waals surface area contributed by atoms with Gasteiger partial charge >= 0.3 is 0 Å². The molecule has 1 nitrogen and oxygen atoms in total. The van der Waals surface area contributed by atoms with Crippen molar-refractivity contribution in [1.82, 2.24) is 0 Å². The fourth-order valence-electron chi connectivity index (χ4n) is 2.64. The van der Waals surface area contributed by atoms with Crippen molar-refractivity contribution >= 4 is 54.1 Å². The SMILES string of the molecule is CCCCCCCCCCCCCCCCCC(=O)Cl.Cl.Cl.Cl. The van der Waals surface area contributed by atoms with Crippen molar-refractivity contribution in [3.05, 3.63) is 0 Å². The summed E-state index contributed by atoms with van der Waals surface area (Å²) >= 11 is 5.30. The van der Waals surface area contributed by atoms with Crippen LogP contribution in [-0.4, -0.2) is 5.24 Å². The Labute approximate surface area is 168 Å². The molecule has 144 valence electrons. The van der Waals surface area contributed by atoms with Gasteiger partial charge in [-0.25, -0.2) is 0 Å². The van der Waals surface area contributed by atoms with E-state index < -0.39 is 0 Å². The zero-order valence-electron chi connectivity index (χ0n) is 14.8. The molecule has 0 aliphatic rings. The monoisotopic (exact) mass is 410 g/mol. The van der Waals surface area contributed by atoms with Gasteiger partial charge in [-0.15, -0.1) is 37.2 Å². The molecule has 0 aromatic rings. The van der Waals surface area contributed by atoms with E-state index in [9.17, 15) is 4.79 Å². The van der Waals surface area contributed by atoms with Gasteiger partial charge in [0.15, 0.2) is 0 Å². The molecule has 0 radical (unpaired) electrons. The van der Waals surface area contributed by atoms with E-state index in [1.807, 2.05) is 0 Å². The summed E-state index contributed by atoms with van der Waals surface area (Å²) in [6.07, 6.45) is 20.8. The molecular formula is C18H38Cl4O. The van der Waals surface area contributed by atoms with E-state index in [1.54, 1.807) is 0 Å². The molecule has 23 heavy (non-hydrogen) atoms. The molecule has 0 atom stereocenters. The predicted molar refractivity (Wildman–Crippen MR) is 112 cm³/mol. The average Bonchev–Trinajstić information content (AvgIpc) is 2.43. The zero-order chi connectivity index (χ0) is 14.9. The van der Waals surface area contributed by atoms with Crippen LogP contribution >= 0.6 is 48.8 Å². The van der Waals surface area contributed by atoms with Crippen LogP contribution in [0.15, 0.2) is 0 Å². The van der Waals surface area contributed by atoms with E-state index in [-0.39, 0.29) is 42.5 Å². The van der Waals surface area contributed by atoms with Crippen LogP contribution in [0.5, 0.6) is 0 Å². The van der Waals surface area contributed by atoms with Crippen LogP contribution in [0.2, 0.25) is 0 Å². The van der Waals surface area contributed by atoms with Gasteiger partial charge in [0.05, 0.1) is 0 Å². The van der Waals surface area contributed by atoms with Crippen molar-refractivity contribution in [2.24, 2.45) is 0 Å². The smallest absolute Gasteiger partial charge is 0.221 e. The Hall–Kier alpha value is 0.830. The maximum Gasteiger partial charge on any atom is 0.221 e. The summed E-state index contributed by atoms with van der Waals surface area (Å²) in [5.74, 6) is 0. The number of unbranched alkanes of at least 4 members (excludes halogenated alkanes) is 14. The van der Waals surface area contributed by atoms with Crippen LogP contribution in [-0.2, 0) is 4.79 Å². The first-order valence-corrected chi connectivity index (χ1v) is 9.33. The Balaban J connectivity index is -0.000000602. The molecule has 5 heteroatoms. The highest BCUT2D eigenvalue weighted by Crippen LogP contribution is 2.13. The molecule has 0 bridgehead atoms. The van der Waals surface area contributed by atoms with Crippen molar-refractivity contribution < 1.29 is 4.79 Å². The lowest BCUT2D eigenvalue weighted by Crippen LogP contribution is -1.86. The summed E-state index contributed by atoms with van der Waals surface area (Å²) in [6.45, 7) is 2.28. The van der Waals surface area contributed by atoms with E-state index in [2.05, 4.69) is 6.92 Å². The first kappa shape index (κ1) is 31.6. The Morgan fingerprint density at radius 1 is 0.565 bits per heavy atom. The largest absolute Gasteiger partial charge is 0.281 e. The fourth-order valence-corrected chi connectivity index (χ4v) is 2.77. The van der Waals surface area contributed by atoms with Crippen molar-refractivity contribution in [2.75, 3.05) is 0 Å². The van der Waals surface area contributed by atoms with Crippen molar-refractivity contribution in [3.63, 3.8) is 0 Å². The van der Waals surface area contributed by atoms with E-state index in [0.29, 0.717) is 6.42 Å². The maximum absolute atomic E-state index is 10.5. The van der Waals surface area contributed by atoms with Crippen molar-refractivity contribution in [3.8, 4) is 0 Å². The number of carbonyl (C=O) groups excluding carboxylic acids is 1. The van der Waals surface area contributed by atoms with Gasteiger partial charge in [-0.2, -0.15) is 0 Å². The van der Waals surface area contributed by atoms with Crippen molar-refractivity contribution in [1.29, 1.82) is 0 Å². The molecule has 0 aliphatic heterocycles. The molecule has 0 saturated carbocycles. The normalized spacial score (nSPS) is 9.48. The van der Waals surface area contributed by atoms with Crippen LogP contribution in [0, 0.1) is 0 Å². The summed E-state index contributed by atoms with van der Waals surface area (Å²) in [5.41, 5.74) is 0. The Morgan fingerprint density at radius 2 is 0.826 bits per heavy atom. The Morgan fingerprint density at radius 3 is 1.09 bits per heavy atom. The number of carbonyl (C=O) groups is 1. The van der Waals surface area contributed by atoms with Crippen LogP contribution in [0.1, 0.15) is 110 Å². The second kappa shape index (κ2) is 27.7. The summed E-state index contributed by atoms with van der Waals surface area (Å²) in [4.78, 5) is 10.5. The summed E-state index contributed by atoms with van der Waals surface area (Å²) in [5, 5.41) is -0.181. The Bertz CT molecular complexity index is 213. The third kappa shape index (κ3) is 31.2.